The Morgan fingerprint density at radius 3 is 2.78 bits per heavy atom. The van der Waals surface area contributed by atoms with Crippen LogP contribution in [0.3, 0.4) is 0 Å². The molecular formula is C17H16ClN3OS. The number of carbonyl (C=O) groups is 1. The lowest BCUT2D eigenvalue weighted by Gasteiger charge is -2.12. The number of hydrogen-bond acceptors (Lipinski definition) is 3. The summed E-state index contributed by atoms with van der Waals surface area (Å²) in [6, 6.07) is 15.0. The van der Waals surface area contributed by atoms with Gasteiger partial charge in [0.05, 0.1) is 16.3 Å². The van der Waals surface area contributed by atoms with E-state index >= 15 is 0 Å². The van der Waals surface area contributed by atoms with Crippen LogP contribution >= 0.6 is 23.4 Å². The summed E-state index contributed by atoms with van der Waals surface area (Å²) in [4.78, 5) is 16.9. The number of fused-ring (bicyclic) bond motifs is 1. The summed E-state index contributed by atoms with van der Waals surface area (Å²) >= 11 is 7.37. The predicted molar refractivity (Wildman–Crippen MR) is 96.1 cm³/mol. The minimum Gasteiger partial charge on any atom is -0.325 e. The van der Waals surface area contributed by atoms with Crippen LogP contribution in [-0.4, -0.2) is 20.7 Å². The lowest BCUT2D eigenvalue weighted by Crippen LogP contribution is -2.22. The molecule has 0 saturated heterocycles. The van der Waals surface area contributed by atoms with Crippen LogP contribution in [-0.2, 0) is 11.8 Å². The average Bonchev–Trinajstić information content (AvgIpc) is 2.84. The summed E-state index contributed by atoms with van der Waals surface area (Å²) < 4.78 is 2.00. The van der Waals surface area contributed by atoms with Crippen molar-refractivity contribution in [3.63, 3.8) is 0 Å². The van der Waals surface area contributed by atoms with Gasteiger partial charge in [-0.1, -0.05) is 41.6 Å². The Labute approximate surface area is 143 Å². The number of amides is 1. The van der Waals surface area contributed by atoms with Crippen LogP contribution in [0.4, 0.5) is 5.69 Å². The molecule has 0 saturated carbocycles. The fourth-order valence-corrected chi connectivity index (χ4v) is 3.33. The van der Waals surface area contributed by atoms with Crippen LogP contribution in [0, 0.1) is 0 Å². The second-order valence-electron chi connectivity index (χ2n) is 5.20. The molecule has 1 unspecified atom stereocenters. The molecule has 0 aliphatic carbocycles. The predicted octanol–water partition coefficient (Wildman–Crippen LogP) is 4.35. The zero-order chi connectivity index (χ0) is 16.4. The summed E-state index contributed by atoms with van der Waals surface area (Å²) in [7, 11) is 1.96. The van der Waals surface area contributed by atoms with Crippen LogP contribution in [0.15, 0.2) is 53.7 Å². The molecule has 4 nitrogen and oxygen atoms in total. The lowest BCUT2D eigenvalue weighted by molar-refractivity contribution is -0.115. The van der Waals surface area contributed by atoms with Gasteiger partial charge in [-0.2, -0.15) is 0 Å². The molecule has 0 radical (unpaired) electrons. The van der Waals surface area contributed by atoms with Crippen LogP contribution in [0.2, 0.25) is 5.02 Å². The number of aromatic nitrogens is 2. The second kappa shape index (κ2) is 6.64. The standard InChI is InChI=1S/C17H16ClN3OS/c1-11(16(22)19-13-7-5-6-12(18)10-13)23-17-20-14-8-3-4-9-15(14)21(17)2/h3-11H,1-2H3,(H,19,22). The van der Waals surface area contributed by atoms with Gasteiger partial charge < -0.3 is 9.88 Å². The maximum atomic E-state index is 12.3. The molecule has 1 N–H and O–H groups in total. The average molecular weight is 346 g/mol. The Balaban J connectivity index is 1.73. The number of nitrogens with zero attached hydrogens (tertiary/aromatic N) is 2. The van der Waals surface area contributed by atoms with Crippen molar-refractivity contribution < 1.29 is 4.79 Å². The number of imidazole rings is 1. The summed E-state index contributed by atoms with van der Waals surface area (Å²) in [5.41, 5.74) is 2.68. The normalized spacial score (nSPS) is 12.3. The van der Waals surface area contributed by atoms with Crippen molar-refractivity contribution in [1.82, 2.24) is 9.55 Å². The second-order valence-corrected chi connectivity index (χ2v) is 6.95. The van der Waals surface area contributed by atoms with Crippen LogP contribution < -0.4 is 5.32 Å². The molecule has 0 aliphatic heterocycles. The van der Waals surface area contributed by atoms with E-state index in [-0.39, 0.29) is 11.2 Å². The number of thioether (sulfide) groups is 1. The first-order valence-corrected chi connectivity index (χ1v) is 8.45. The molecule has 118 valence electrons. The highest BCUT2D eigenvalue weighted by molar-refractivity contribution is 8.00. The van der Waals surface area contributed by atoms with Crippen molar-refractivity contribution in [3.05, 3.63) is 53.6 Å². The largest absolute Gasteiger partial charge is 0.325 e. The van der Waals surface area contributed by atoms with Gasteiger partial charge in [0.15, 0.2) is 5.16 Å². The van der Waals surface area contributed by atoms with E-state index in [1.165, 1.54) is 11.8 Å². The Hall–Kier alpha value is -1.98. The van der Waals surface area contributed by atoms with Gasteiger partial charge in [-0.3, -0.25) is 4.79 Å². The van der Waals surface area contributed by atoms with Crippen molar-refractivity contribution in [2.45, 2.75) is 17.3 Å². The number of carbonyl (C=O) groups excluding carboxylic acids is 1. The third-order valence-corrected chi connectivity index (χ3v) is 4.87. The third-order valence-electron chi connectivity index (χ3n) is 3.49. The first-order valence-electron chi connectivity index (χ1n) is 7.19. The van der Waals surface area contributed by atoms with Crippen LogP contribution in [0.1, 0.15) is 6.92 Å². The van der Waals surface area contributed by atoms with Gasteiger partial charge >= 0.3 is 0 Å². The zero-order valence-electron chi connectivity index (χ0n) is 12.8. The van der Waals surface area contributed by atoms with E-state index in [4.69, 9.17) is 11.6 Å². The SMILES string of the molecule is CC(Sc1nc2ccccc2n1C)C(=O)Nc1cccc(Cl)c1. The zero-order valence-corrected chi connectivity index (χ0v) is 14.4. The van der Waals surface area contributed by atoms with Crippen molar-refractivity contribution in [1.29, 1.82) is 0 Å². The molecule has 1 aromatic heterocycles. The molecule has 2 aromatic carbocycles. The van der Waals surface area contributed by atoms with E-state index in [0.29, 0.717) is 10.7 Å². The van der Waals surface area contributed by atoms with E-state index < -0.39 is 0 Å². The quantitative estimate of drug-likeness (QED) is 0.715. The highest BCUT2D eigenvalue weighted by Crippen LogP contribution is 2.27. The van der Waals surface area contributed by atoms with Crippen LogP contribution in [0.25, 0.3) is 11.0 Å². The van der Waals surface area contributed by atoms with Gasteiger partial charge in [0.1, 0.15) is 0 Å². The number of anilines is 1. The van der Waals surface area contributed by atoms with Gasteiger partial charge in [-0.25, -0.2) is 4.98 Å². The van der Waals surface area contributed by atoms with Gasteiger partial charge in [0.25, 0.3) is 0 Å². The number of aryl methyl sites for hydroxylation is 1. The fourth-order valence-electron chi connectivity index (χ4n) is 2.25. The van der Waals surface area contributed by atoms with Crippen molar-refractivity contribution >= 4 is 46.0 Å². The molecule has 3 aromatic rings. The summed E-state index contributed by atoms with van der Waals surface area (Å²) in [6.07, 6.45) is 0. The maximum absolute atomic E-state index is 12.3. The molecule has 3 rings (SSSR count). The third kappa shape index (κ3) is 3.51. The van der Waals surface area contributed by atoms with Crippen molar-refractivity contribution in [2.75, 3.05) is 5.32 Å². The first kappa shape index (κ1) is 15.9. The van der Waals surface area contributed by atoms with Crippen LogP contribution in [0.5, 0.6) is 0 Å². The monoisotopic (exact) mass is 345 g/mol. The molecule has 0 fully saturated rings. The van der Waals surface area contributed by atoms with Gasteiger partial charge in [0.2, 0.25) is 5.91 Å². The van der Waals surface area contributed by atoms with E-state index in [2.05, 4.69) is 10.3 Å². The molecule has 1 atom stereocenters. The van der Waals surface area contributed by atoms with E-state index in [0.717, 1.165) is 16.2 Å². The highest BCUT2D eigenvalue weighted by atomic mass is 35.5. The van der Waals surface area contributed by atoms with Crippen molar-refractivity contribution in [2.24, 2.45) is 7.05 Å². The van der Waals surface area contributed by atoms with Gasteiger partial charge in [0, 0.05) is 17.8 Å². The maximum Gasteiger partial charge on any atom is 0.237 e. The molecule has 23 heavy (non-hydrogen) atoms. The lowest BCUT2D eigenvalue weighted by atomic mass is 10.3. The minimum absolute atomic E-state index is 0.0793. The number of benzene rings is 2. The number of para-hydroxylation sites is 2. The molecule has 1 heterocycles. The van der Waals surface area contributed by atoms with Crippen molar-refractivity contribution in [3.8, 4) is 0 Å². The van der Waals surface area contributed by atoms with Gasteiger partial charge in [-0.05, 0) is 37.3 Å². The number of hydrogen-bond donors (Lipinski definition) is 1. The summed E-state index contributed by atoms with van der Waals surface area (Å²) in [5, 5.41) is 4.02. The number of nitrogens with one attached hydrogen (secondary N) is 1. The topological polar surface area (TPSA) is 46.9 Å². The summed E-state index contributed by atoms with van der Waals surface area (Å²) in [5.74, 6) is -0.0793. The molecule has 0 spiro atoms. The molecule has 1 amide bonds. The number of rotatable bonds is 4. The van der Waals surface area contributed by atoms with E-state index in [1.807, 2.05) is 48.9 Å². The Morgan fingerprint density at radius 1 is 1.26 bits per heavy atom. The van der Waals surface area contributed by atoms with E-state index in [9.17, 15) is 4.79 Å². The molecule has 0 bridgehead atoms. The molecular weight excluding hydrogens is 330 g/mol. The van der Waals surface area contributed by atoms with Gasteiger partial charge in [-0.15, -0.1) is 0 Å². The first-order chi connectivity index (χ1) is 11.0. The Bertz CT molecular complexity index is 862. The minimum atomic E-state index is -0.274. The fraction of sp³-hybridized carbons (Fsp3) is 0.176. The molecule has 0 aliphatic rings. The number of halogens is 1. The molecule has 6 heteroatoms. The van der Waals surface area contributed by atoms with E-state index in [1.54, 1.807) is 18.2 Å². The Kier molecular flexibility index (Phi) is 4.59. The highest BCUT2D eigenvalue weighted by Gasteiger charge is 2.18. The smallest absolute Gasteiger partial charge is 0.237 e. The Morgan fingerprint density at radius 2 is 2.04 bits per heavy atom. The summed E-state index contributed by atoms with van der Waals surface area (Å²) in [6.45, 7) is 1.86.